The smallest absolute Gasteiger partial charge is 0.132 e. The molecule has 12 aromatic rings. The molecular formula is C72H45NO2. The summed E-state index contributed by atoms with van der Waals surface area (Å²) in [5.41, 5.74) is 21.0. The summed E-state index contributed by atoms with van der Waals surface area (Å²) in [6.45, 7) is 0. The molecule has 0 aromatic heterocycles. The van der Waals surface area contributed by atoms with E-state index in [9.17, 15) is 0 Å². The van der Waals surface area contributed by atoms with Gasteiger partial charge in [0.2, 0.25) is 0 Å². The molecule has 0 saturated heterocycles. The zero-order valence-electron chi connectivity index (χ0n) is 40.7. The Bertz CT molecular complexity index is 4050. The molecule has 16 rings (SSSR count). The molecule has 2 heterocycles. The molecule has 0 amide bonds. The zero-order chi connectivity index (χ0) is 49.2. The molecule has 12 aromatic carbocycles. The number of nitrogens with zero attached hydrogens (tertiary/aromatic N) is 1. The normalized spacial score (nSPS) is 14.0. The Morgan fingerprint density at radius 1 is 0.240 bits per heavy atom. The Morgan fingerprint density at radius 2 is 0.600 bits per heavy atom. The molecule has 2 aliphatic carbocycles. The first-order chi connectivity index (χ1) is 37.2. The molecule has 3 heteroatoms. The van der Waals surface area contributed by atoms with Crippen molar-refractivity contribution in [1.29, 1.82) is 0 Å². The highest BCUT2D eigenvalue weighted by Gasteiger charge is 2.53. The molecule has 0 fully saturated rings. The van der Waals surface area contributed by atoms with Crippen LogP contribution in [0.5, 0.6) is 23.0 Å². The molecule has 0 atom stereocenters. The minimum atomic E-state index is -0.636. The second-order valence-electron chi connectivity index (χ2n) is 20.2. The van der Waals surface area contributed by atoms with Gasteiger partial charge in [-0.2, -0.15) is 0 Å². The summed E-state index contributed by atoms with van der Waals surface area (Å²) < 4.78 is 14.0. The summed E-state index contributed by atoms with van der Waals surface area (Å²) >= 11 is 0. The standard InChI is InChI=1S/C72H45NO2/c1-2-20-51-46(18-1)19-17-27-54(51)53-22-4-3-21-52(53)47-36-38-48(39-37-47)73(49-40-42-69-65(44-49)71(63-32-13-15-34-67(63)74-69)59-28-9-5-23-55(59)56-24-6-10-29-60(56)71)50-41-43-70-66(45-50)72(64-33-14-16-35-68(64)75-70)61-30-11-7-25-57(61)58-26-8-12-31-62(58)72/h1-45H. The van der Waals surface area contributed by atoms with E-state index < -0.39 is 10.8 Å². The maximum atomic E-state index is 6.98. The number of hydrogen-bond donors (Lipinski definition) is 0. The molecule has 0 N–H and O–H groups in total. The highest BCUT2D eigenvalue weighted by atomic mass is 16.5. The van der Waals surface area contributed by atoms with Crippen LogP contribution in [0.4, 0.5) is 17.1 Å². The van der Waals surface area contributed by atoms with Crippen LogP contribution in [0.1, 0.15) is 44.5 Å². The highest BCUT2D eigenvalue weighted by molar-refractivity contribution is 6.01. The van der Waals surface area contributed by atoms with Crippen molar-refractivity contribution in [2.24, 2.45) is 0 Å². The van der Waals surface area contributed by atoms with Gasteiger partial charge in [-0.25, -0.2) is 0 Å². The summed E-state index contributed by atoms with van der Waals surface area (Å²) in [7, 11) is 0. The predicted molar refractivity (Wildman–Crippen MR) is 304 cm³/mol. The Balaban J connectivity index is 0.937. The number of benzene rings is 12. The van der Waals surface area contributed by atoms with Gasteiger partial charge in [0.15, 0.2) is 0 Å². The lowest BCUT2D eigenvalue weighted by atomic mass is 9.66. The van der Waals surface area contributed by atoms with Crippen molar-refractivity contribution < 1.29 is 9.47 Å². The monoisotopic (exact) mass is 955 g/mol. The van der Waals surface area contributed by atoms with E-state index in [1.807, 2.05) is 0 Å². The van der Waals surface area contributed by atoms with Crippen molar-refractivity contribution >= 4 is 27.8 Å². The summed E-state index contributed by atoms with van der Waals surface area (Å²) in [6, 6.07) is 99.8. The molecule has 0 saturated carbocycles. The van der Waals surface area contributed by atoms with Gasteiger partial charge in [0.25, 0.3) is 0 Å². The van der Waals surface area contributed by atoms with E-state index in [-0.39, 0.29) is 0 Å². The van der Waals surface area contributed by atoms with Crippen molar-refractivity contribution in [3.05, 3.63) is 317 Å². The average molecular weight is 956 g/mol. The van der Waals surface area contributed by atoms with E-state index in [2.05, 4.69) is 278 Å². The molecule has 0 unspecified atom stereocenters. The van der Waals surface area contributed by atoms with Gasteiger partial charge in [-0.15, -0.1) is 0 Å². The topological polar surface area (TPSA) is 21.7 Å². The maximum Gasteiger partial charge on any atom is 0.132 e. The molecule has 4 aliphatic rings. The number of hydrogen-bond acceptors (Lipinski definition) is 3. The van der Waals surface area contributed by atoms with E-state index >= 15 is 0 Å². The molecular weight excluding hydrogens is 911 g/mol. The van der Waals surface area contributed by atoms with Crippen LogP contribution in [0.25, 0.3) is 55.3 Å². The fourth-order valence-electron chi connectivity index (χ4n) is 13.6. The lowest BCUT2D eigenvalue weighted by Gasteiger charge is -2.41. The summed E-state index contributed by atoms with van der Waals surface area (Å²) in [6.07, 6.45) is 0. The summed E-state index contributed by atoms with van der Waals surface area (Å²) in [5, 5.41) is 2.47. The largest absolute Gasteiger partial charge is 0.457 e. The lowest BCUT2D eigenvalue weighted by molar-refractivity contribution is 0.436. The molecule has 2 aliphatic heterocycles. The third-order valence-electron chi connectivity index (χ3n) is 16.6. The minimum Gasteiger partial charge on any atom is -0.457 e. The van der Waals surface area contributed by atoms with Crippen LogP contribution in [-0.2, 0) is 10.8 Å². The number of fused-ring (bicyclic) bond motifs is 19. The summed E-state index contributed by atoms with van der Waals surface area (Å²) in [4.78, 5) is 2.43. The van der Waals surface area contributed by atoms with Crippen LogP contribution < -0.4 is 14.4 Å². The van der Waals surface area contributed by atoms with E-state index in [1.54, 1.807) is 0 Å². The Kier molecular flexibility index (Phi) is 8.88. The third-order valence-corrected chi connectivity index (χ3v) is 16.6. The maximum absolute atomic E-state index is 6.98. The first kappa shape index (κ1) is 41.9. The van der Waals surface area contributed by atoms with Gasteiger partial charge in [-0.05, 0) is 138 Å². The van der Waals surface area contributed by atoms with Crippen LogP contribution in [0, 0.1) is 0 Å². The van der Waals surface area contributed by atoms with Gasteiger partial charge >= 0.3 is 0 Å². The highest BCUT2D eigenvalue weighted by Crippen LogP contribution is 2.65. The zero-order valence-corrected chi connectivity index (χ0v) is 40.7. The van der Waals surface area contributed by atoms with Crippen molar-refractivity contribution in [2.45, 2.75) is 10.8 Å². The molecule has 0 bridgehead atoms. The quantitative estimate of drug-likeness (QED) is 0.172. The van der Waals surface area contributed by atoms with Crippen LogP contribution in [0.2, 0.25) is 0 Å². The summed E-state index contributed by atoms with van der Waals surface area (Å²) in [5.74, 6) is 3.44. The van der Waals surface area contributed by atoms with Gasteiger partial charge in [-0.3, -0.25) is 0 Å². The molecule has 75 heavy (non-hydrogen) atoms. The number of anilines is 3. The van der Waals surface area contributed by atoms with Gasteiger partial charge in [0.05, 0.1) is 10.8 Å². The minimum absolute atomic E-state index is 0.636. The second-order valence-corrected chi connectivity index (χ2v) is 20.2. The molecule has 0 radical (unpaired) electrons. The first-order valence-corrected chi connectivity index (χ1v) is 25.9. The van der Waals surface area contributed by atoms with Gasteiger partial charge in [-0.1, -0.05) is 212 Å². The van der Waals surface area contributed by atoms with Crippen molar-refractivity contribution in [3.8, 4) is 67.5 Å². The fraction of sp³-hybridized carbons (Fsp3) is 0.0278. The first-order valence-electron chi connectivity index (χ1n) is 25.9. The van der Waals surface area contributed by atoms with Crippen molar-refractivity contribution in [2.75, 3.05) is 4.90 Å². The molecule has 350 valence electrons. The van der Waals surface area contributed by atoms with Crippen molar-refractivity contribution in [1.82, 2.24) is 0 Å². The van der Waals surface area contributed by atoms with E-state index in [4.69, 9.17) is 9.47 Å². The van der Waals surface area contributed by atoms with Crippen LogP contribution in [0.15, 0.2) is 273 Å². The van der Waals surface area contributed by atoms with E-state index in [0.29, 0.717) is 0 Å². The lowest BCUT2D eigenvalue weighted by Crippen LogP contribution is -2.32. The number of ether oxygens (including phenoxy) is 2. The number of para-hydroxylation sites is 2. The van der Waals surface area contributed by atoms with Crippen LogP contribution >= 0.6 is 0 Å². The molecule has 2 spiro atoms. The van der Waals surface area contributed by atoms with Crippen LogP contribution in [0.3, 0.4) is 0 Å². The van der Waals surface area contributed by atoms with E-state index in [0.717, 1.165) is 67.9 Å². The van der Waals surface area contributed by atoms with Crippen molar-refractivity contribution in [3.63, 3.8) is 0 Å². The Morgan fingerprint density at radius 3 is 1.11 bits per heavy atom. The number of rotatable bonds is 5. The second kappa shape index (κ2) is 15.9. The Hall–Kier alpha value is -9.70. The predicted octanol–water partition coefficient (Wildman–Crippen LogP) is 18.6. The third kappa shape index (κ3) is 5.75. The van der Waals surface area contributed by atoms with Gasteiger partial charge in [0.1, 0.15) is 23.0 Å². The SMILES string of the molecule is c1ccc2c(c1)Oc1ccc(N(c3ccc(-c4ccccc4-c4cccc5ccccc45)cc3)c3ccc4c(c3)C3(c5ccccc5O4)c4ccccc4-c4ccccc43)cc1C21c2ccccc2-c2ccccc21. The van der Waals surface area contributed by atoms with E-state index in [1.165, 1.54) is 72.0 Å². The molecule has 3 nitrogen and oxygen atoms in total. The fourth-order valence-corrected chi connectivity index (χ4v) is 13.6. The van der Waals surface area contributed by atoms with Gasteiger partial charge < -0.3 is 14.4 Å². The Labute approximate surface area is 435 Å². The van der Waals surface area contributed by atoms with Crippen LogP contribution in [-0.4, -0.2) is 0 Å². The van der Waals surface area contributed by atoms with Gasteiger partial charge in [0, 0.05) is 39.3 Å². The average Bonchev–Trinajstić information content (AvgIpc) is 4.15.